The van der Waals surface area contributed by atoms with Gasteiger partial charge in [-0.15, -0.1) is 0 Å². The lowest BCUT2D eigenvalue weighted by Gasteiger charge is -2.13. The predicted molar refractivity (Wildman–Crippen MR) is 116 cm³/mol. The minimum atomic E-state index is -3.99. The first-order valence-electron chi connectivity index (χ1n) is 9.96. The SMILES string of the molecule is COC(=O)c1cc2ccccc2cc1NC(=O)c1ccc2c(c1)S(=O)(=O)N(C1CC1)C2=O. The molecule has 5 rings (SSSR count). The number of benzene rings is 3. The molecule has 0 saturated heterocycles. The predicted octanol–water partition coefficient (Wildman–Crippen LogP) is 3.19. The molecule has 3 aromatic carbocycles. The van der Waals surface area contributed by atoms with Crippen LogP contribution in [0.4, 0.5) is 5.69 Å². The Balaban J connectivity index is 1.52. The molecule has 8 nitrogen and oxygen atoms in total. The maximum absolute atomic E-state index is 13.0. The van der Waals surface area contributed by atoms with Gasteiger partial charge in [-0.1, -0.05) is 24.3 Å². The molecule has 0 aromatic heterocycles. The van der Waals surface area contributed by atoms with Crippen molar-refractivity contribution >= 4 is 44.3 Å². The molecule has 0 atom stereocenters. The Kier molecular flexibility index (Phi) is 4.52. The number of fused-ring (bicyclic) bond motifs is 2. The molecule has 1 heterocycles. The normalized spacial score (nSPS) is 16.7. The van der Waals surface area contributed by atoms with Gasteiger partial charge in [-0.3, -0.25) is 9.59 Å². The van der Waals surface area contributed by atoms with Crippen molar-refractivity contribution in [2.45, 2.75) is 23.8 Å². The summed E-state index contributed by atoms with van der Waals surface area (Å²) in [6.45, 7) is 0. The van der Waals surface area contributed by atoms with Crippen LogP contribution in [0.1, 0.15) is 43.9 Å². The van der Waals surface area contributed by atoms with Crippen LogP contribution in [0.15, 0.2) is 59.5 Å². The Morgan fingerprint density at radius 2 is 1.72 bits per heavy atom. The zero-order chi connectivity index (χ0) is 22.6. The van der Waals surface area contributed by atoms with E-state index in [2.05, 4.69) is 5.32 Å². The molecule has 32 heavy (non-hydrogen) atoms. The number of anilines is 1. The molecule has 0 spiro atoms. The summed E-state index contributed by atoms with van der Waals surface area (Å²) in [5, 5.41) is 4.28. The van der Waals surface area contributed by atoms with Gasteiger partial charge in [0.25, 0.3) is 21.8 Å². The van der Waals surface area contributed by atoms with Crippen LogP contribution >= 0.6 is 0 Å². The van der Waals surface area contributed by atoms with Crippen LogP contribution in [-0.2, 0) is 14.8 Å². The van der Waals surface area contributed by atoms with E-state index in [1.165, 1.54) is 25.3 Å². The number of carbonyl (C=O) groups excluding carboxylic acids is 3. The van der Waals surface area contributed by atoms with Gasteiger partial charge in [0.1, 0.15) is 4.90 Å². The lowest BCUT2D eigenvalue weighted by Crippen LogP contribution is -2.31. The lowest BCUT2D eigenvalue weighted by molar-refractivity contribution is 0.0601. The number of methoxy groups -OCH3 is 1. The van der Waals surface area contributed by atoms with Crippen molar-refractivity contribution < 1.29 is 27.5 Å². The van der Waals surface area contributed by atoms with E-state index in [0.717, 1.165) is 15.1 Å². The Hall–Kier alpha value is -3.72. The van der Waals surface area contributed by atoms with Crippen molar-refractivity contribution in [1.29, 1.82) is 0 Å². The van der Waals surface area contributed by atoms with Gasteiger partial charge in [0.2, 0.25) is 0 Å². The van der Waals surface area contributed by atoms with E-state index >= 15 is 0 Å². The van der Waals surface area contributed by atoms with Crippen molar-refractivity contribution in [1.82, 2.24) is 4.31 Å². The average molecular weight is 450 g/mol. The quantitative estimate of drug-likeness (QED) is 0.612. The van der Waals surface area contributed by atoms with Crippen molar-refractivity contribution in [3.63, 3.8) is 0 Å². The molecule has 9 heteroatoms. The highest BCUT2D eigenvalue weighted by atomic mass is 32.2. The van der Waals surface area contributed by atoms with Crippen LogP contribution in [0.25, 0.3) is 10.8 Å². The van der Waals surface area contributed by atoms with E-state index in [9.17, 15) is 22.8 Å². The van der Waals surface area contributed by atoms with Gasteiger partial charge >= 0.3 is 5.97 Å². The van der Waals surface area contributed by atoms with Crippen molar-refractivity contribution in [2.75, 3.05) is 12.4 Å². The van der Waals surface area contributed by atoms with Gasteiger partial charge in [0.15, 0.2) is 0 Å². The van der Waals surface area contributed by atoms with Gasteiger partial charge in [-0.05, 0) is 53.9 Å². The molecule has 1 aliphatic heterocycles. The number of nitrogens with zero attached hydrogens (tertiary/aromatic N) is 1. The van der Waals surface area contributed by atoms with E-state index in [-0.39, 0.29) is 33.3 Å². The van der Waals surface area contributed by atoms with Crippen LogP contribution in [0.2, 0.25) is 0 Å². The zero-order valence-corrected chi connectivity index (χ0v) is 17.8. The topological polar surface area (TPSA) is 110 Å². The smallest absolute Gasteiger partial charge is 0.339 e. The number of rotatable bonds is 4. The molecule has 0 radical (unpaired) electrons. The molecule has 1 N–H and O–H groups in total. The number of hydrogen-bond acceptors (Lipinski definition) is 6. The molecule has 0 unspecified atom stereocenters. The molecular weight excluding hydrogens is 432 g/mol. The summed E-state index contributed by atoms with van der Waals surface area (Å²) in [6.07, 6.45) is 1.29. The second kappa shape index (κ2) is 7.16. The van der Waals surface area contributed by atoms with Gasteiger partial charge < -0.3 is 10.1 Å². The highest BCUT2D eigenvalue weighted by molar-refractivity contribution is 7.90. The summed E-state index contributed by atoms with van der Waals surface area (Å²) in [4.78, 5) is 37.6. The number of amides is 2. The number of sulfonamides is 1. The molecule has 1 aliphatic carbocycles. The fourth-order valence-corrected chi connectivity index (χ4v) is 5.72. The van der Waals surface area contributed by atoms with E-state index in [4.69, 9.17) is 4.74 Å². The fraction of sp³-hybridized carbons (Fsp3) is 0.174. The molecule has 0 bridgehead atoms. The summed E-state index contributed by atoms with van der Waals surface area (Å²) in [5.74, 6) is -1.79. The summed E-state index contributed by atoms with van der Waals surface area (Å²) in [5.41, 5.74) is 0.527. The number of hydrogen-bond donors (Lipinski definition) is 1. The maximum atomic E-state index is 13.0. The standard InChI is InChI=1S/C23H18N2O6S/c1-31-23(28)18-10-13-4-2-3-5-14(13)11-19(18)24-21(26)15-6-9-17-20(12-15)32(29,30)25(22(17)27)16-7-8-16/h2-6,9-12,16H,7-8H2,1H3,(H,24,26). The van der Waals surface area contributed by atoms with E-state index in [1.54, 1.807) is 12.1 Å². The van der Waals surface area contributed by atoms with E-state index in [1.807, 2.05) is 24.3 Å². The Morgan fingerprint density at radius 1 is 1.03 bits per heavy atom. The third-order valence-corrected chi connectivity index (χ3v) is 7.50. The van der Waals surface area contributed by atoms with Gasteiger partial charge in [-0.25, -0.2) is 17.5 Å². The molecule has 2 amide bonds. The van der Waals surface area contributed by atoms with Crippen LogP contribution in [-0.4, -0.2) is 43.7 Å². The fourth-order valence-electron chi connectivity index (χ4n) is 3.88. The number of nitrogens with one attached hydrogen (secondary N) is 1. The summed E-state index contributed by atoms with van der Waals surface area (Å²) in [7, 11) is -2.74. The Bertz CT molecular complexity index is 1430. The van der Waals surface area contributed by atoms with Crippen molar-refractivity contribution in [3.05, 3.63) is 71.3 Å². The van der Waals surface area contributed by atoms with Gasteiger partial charge in [-0.2, -0.15) is 0 Å². The second-order valence-corrected chi connectivity index (χ2v) is 9.52. The minimum Gasteiger partial charge on any atom is -0.465 e. The summed E-state index contributed by atoms with van der Waals surface area (Å²) < 4.78 is 31.5. The van der Waals surface area contributed by atoms with Crippen molar-refractivity contribution in [3.8, 4) is 0 Å². The van der Waals surface area contributed by atoms with Crippen LogP contribution in [0, 0.1) is 0 Å². The first-order valence-corrected chi connectivity index (χ1v) is 11.4. The van der Waals surface area contributed by atoms with Crippen LogP contribution < -0.4 is 5.32 Å². The lowest BCUT2D eigenvalue weighted by atomic mass is 10.0. The third kappa shape index (κ3) is 3.13. The number of ether oxygens (including phenoxy) is 1. The molecule has 162 valence electrons. The van der Waals surface area contributed by atoms with E-state index in [0.29, 0.717) is 12.8 Å². The minimum absolute atomic E-state index is 0.0572. The largest absolute Gasteiger partial charge is 0.465 e. The van der Waals surface area contributed by atoms with Crippen LogP contribution in [0.5, 0.6) is 0 Å². The first-order chi connectivity index (χ1) is 15.3. The molecule has 1 fully saturated rings. The zero-order valence-electron chi connectivity index (χ0n) is 17.0. The van der Waals surface area contributed by atoms with Gasteiger partial charge in [0, 0.05) is 11.6 Å². The molecule has 2 aliphatic rings. The Labute approximate surface area is 183 Å². The van der Waals surface area contributed by atoms with Crippen LogP contribution in [0.3, 0.4) is 0 Å². The average Bonchev–Trinajstić information content (AvgIpc) is 3.59. The molecular formula is C23H18N2O6S. The third-order valence-electron chi connectivity index (χ3n) is 5.63. The van der Waals surface area contributed by atoms with E-state index < -0.39 is 27.8 Å². The number of carbonyl (C=O) groups is 3. The second-order valence-electron chi connectivity index (χ2n) is 7.74. The van der Waals surface area contributed by atoms with Crippen molar-refractivity contribution in [2.24, 2.45) is 0 Å². The summed E-state index contributed by atoms with van der Waals surface area (Å²) >= 11 is 0. The maximum Gasteiger partial charge on any atom is 0.339 e. The monoisotopic (exact) mass is 450 g/mol. The van der Waals surface area contributed by atoms with Gasteiger partial charge in [0.05, 0.1) is 23.9 Å². The summed E-state index contributed by atoms with van der Waals surface area (Å²) in [6, 6.07) is 14.3. The number of esters is 1. The highest BCUT2D eigenvalue weighted by Gasteiger charge is 2.48. The Morgan fingerprint density at radius 3 is 2.38 bits per heavy atom. The first kappa shape index (κ1) is 20.2. The molecule has 1 saturated carbocycles. The highest BCUT2D eigenvalue weighted by Crippen LogP contribution is 2.39. The molecule has 3 aromatic rings.